The lowest BCUT2D eigenvalue weighted by Gasteiger charge is -2.22. The Morgan fingerprint density at radius 2 is 2.12 bits per heavy atom. The van der Waals surface area contributed by atoms with Crippen LogP contribution in [0.15, 0.2) is 0 Å². The lowest BCUT2D eigenvalue weighted by atomic mass is 10.1. The molecule has 1 aliphatic rings. The minimum absolute atomic E-state index is 0.0219. The summed E-state index contributed by atoms with van der Waals surface area (Å²) in [6.07, 6.45) is 4.07. The van der Waals surface area contributed by atoms with E-state index in [2.05, 4.69) is 5.32 Å². The van der Waals surface area contributed by atoms with Gasteiger partial charge in [-0.15, -0.1) is 0 Å². The van der Waals surface area contributed by atoms with Crippen LogP contribution in [0.3, 0.4) is 0 Å². The highest BCUT2D eigenvalue weighted by Crippen LogP contribution is 2.33. The van der Waals surface area contributed by atoms with Gasteiger partial charge in [0.2, 0.25) is 0 Å². The van der Waals surface area contributed by atoms with Crippen molar-refractivity contribution in [2.24, 2.45) is 5.92 Å². The first-order valence-corrected chi connectivity index (χ1v) is 6.01. The highest BCUT2D eigenvalue weighted by atomic mass is 16.6. The number of rotatable bonds is 5. The number of aliphatic hydroxyl groups is 1. The lowest BCUT2D eigenvalue weighted by Crippen LogP contribution is -2.41. The molecule has 0 heterocycles. The van der Waals surface area contributed by atoms with Crippen LogP contribution in [0.2, 0.25) is 0 Å². The van der Waals surface area contributed by atoms with E-state index in [1.54, 1.807) is 0 Å². The van der Waals surface area contributed by atoms with Gasteiger partial charge in [-0.1, -0.05) is 12.8 Å². The maximum Gasteiger partial charge on any atom is 0.407 e. The maximum atomic E-state index is 11.4. The summed E-state index contributed by atoms with van der Waals surface area (Å²) in [4.78, 5) is 11.4. The zero-order valence-corrected chi connectivity index (χ0v) is 10.5. The van der Waals surface area contributed by atoms with Crippen molar-refractivity contribution in [3.63, 3.8) is 0 Å². The Labute approximate surface area is 97.4 Å². The van der Waals surface area contributed by atoms with Gasteiger partial charge in [0.15, 0.2) is 0 Å². The number of alkyl carbamates (subject to hydrolysis) is 1. The molecule has 94 valence electrons. The molecule has 0 aromatic carbocycles. The Hall–Kier alpha value is -0.770. The second-order valence-corrected chi connectivity index (χ2v) is 5.55. The van der Waals surface area contributed by atoms with Gasteiger partial charge < -0.3 is 15.2 Å². The van der Waals surface area contributed by atoms with E-state index in [-0.39, 0.29) is 12.6 Å². The van der Waals surface area contributed by atoms with Crippen LogP contribution < -0.4 is 5.32 Å². The summed E-state index contributed by atoms with van der Waals surface area (Å²) in [5.41, 5.74) is -0.486. The normalized spacial score (nSPS) is 18.0. The van der Waals surface area contributed by atoms with E-state index >= 15 is 0 Å². The van der Waals surface area contributed by atoms with Gasteiger partial charge in [-0.2, -0.15) is 0 Å². The van der Waals surface area contributed by atoms with Gasteiger partial charge >= 0.3 is 6.09 Å². The summed E-state index contributed by atoms with van der Waals surface area (Å²) in [5.74, 6) is 0.814. The summed E-state index contributed by atoms with van der Waals surface area (Å²) >= 11 is 0. The number of carbonyl (C=O) groups is 1. The van der Waals surface area contributed by atoms with Crippen LogP contribution in [0, 0.1) is 5.92 Å². The van der Waals surface area contributed by atoms with E-state index in [0.29, 0.717) is 0 Å². The van der Waals surface area contributed by atoms with E-state index in [1.807, 2.05) is 20.8 Å². The Morgan fingerprint density at radius 3 is 2.56 bits per heavy atom. The zero-order valence-electron chi connectivity index (χ0n) is 10.5. The van der Waals surface area contributed by atoms with Crippen molar-refractivity contribution in [3.05, 3.63) is 0 Å². The number of ether oxygens (including phenoxy) is 1. The number of amides is 1. The molecule has 0 unspecified atom stereocenters. The number of aliphatic hydroxyl groups excluding tert-OH is 1. The minimum Gasteiger partial charge on any atom is -0.444 e. The van der Waals surface area contributed by atoms with E-state index in [1.165, 1.54) is 12.8 Å². The molecule has 1 atom stereocenters. The first kappa shape index (κ1) is 13.3. The van der Waals surface area contributed by atoms with Crippen molar-refractivity contribution >= 4 is 6.09 Å². The summed E-state index contributed by atoms with van der Waals surface area (Å²) in [6.45, 7) is 5.45. The summed E-state index contributed by atoms with van der Waals surface area (Å²) in [7, 11) is 0. The SMILES string of the molecule is CC(C)(C)OC(=O)N[C@H](CO)CCC1CC1. The van der Waals surface area contributed by atoms with Crippen molar-refractivity contribution < 1.29 is 14.6 Å². The third-order valence-corrected chi connectivity index (χ3v) is 2.56. The molecule has 0 aromatic rings. The Kier molecular flexibility index (Phi) is 4.59. The van der Waals surface area contributed by atoms with Crippen LogP contribution in [0.4, 0.5) is 4.79 Å². The number of carbonyl (C=O) groups excluding carboxylic acids is 1. The second-order valence-electron chi connectivity index (χ2n) is 5.55. The molecule has 0 bridgehead atoms. The molecular formula is C12H23NO3. The Bertz CT molecular complexity index is 231. The fourth-order valence-corrected chi connectivity index (χ4v) is 1.53. The van der Waals surface area contributed by atoms with Gasteiger partial charge in [-0.25, -0.2) is 4.79 Å². The molecule has 0 spiro atoms. The van der Waals surface area contributed by atoms with Gasteiger partial charge in [-0.3, -0.25) is 0 Å². The largest absolute Gasteiger partial charge is 0.444 e. The van der Waals surface area contributed by atoms with E-state index in [9.17, 15) is 4.79 Å². The minimum atomic E-state index is -0.486. The average Bonchev–Trinajstić information content (AvgIpc) is 2.92. The van der Waals surface area contributed by atoms with Crippen LogP contribution in [0.1, 0.15) is 46.5 Å². The summed E-state index contributed by atoms with van der Waals surface area (Å²) in [5, 5.41) is 11.8. The van der Waals surface area contributed by atoms with E-state index in [0.717, 1.165) is 18.8 Å². The summed E-state index contributed by atoms with van der Waals surface area (Å²) in [6, 6.07) is -0.171. The van der Waals surface area contributed by atoms with Crippen LogP contribution in [-0.4, -0.2) is 29.4 Å². The van der Waals surface area contributed by atoms with Crippen molar-refractivity contribution in [1.29, 1.82) is 0 Å². The second kappa shape index (κ2) is 5.53. The van der Waals surface area contributed by atoms with Crippen LogP contribution >= 0.6 is 0 Å². The zero-order chi connectivity index (χ0) is 12.2. The van der Waals surface area contributed by atoms with Crippen molar-refractivity contribution in [3.8, 4) is 0 Å². The molecule has 4 heteroatoms. The van der Waals surface area contributed by atoms with E-state index < -0.39 is 11.7 Å². The number of hydrogen-bond acceptors (Lipinski definition) is 3. The topological polar surface area (TPSA) is 58.6 Å². The predicted octanol–water partition coefficient (Wildman–Crippen LogP) is 2.06. The van der Waals surface area contributed by atoms with Gasteiger partial charge in [0.05, 0.1) is 12.6 Å². The molecule has 0 aliphatic heterocycles. The number of nitrogens with one attached hydrogen (secondary N) is 1. The number of hydrogen-bond donors (Lipinski definition) is 2. The standard InChI is InChI=1S/C12H23NO3/c1-12(2,3)16-11(15)13-10(8-14)7-6-9-4-5-9/h9-10,14H,4-8H2,1-3H3,(H,13,15)/t10-/m0/s1. The van der Waals surface area contributed by atoms with Crippen molar-refractivity contribution in [2.45, 2.75) is 58.1 Å². The van der Waals surface area contributed by atoms with E-state index in [4.69, 9.17) is 9.84 Å². The third kappa shape index (κ3) is 5.95. The molecule has 0 aromatic heterocycles. The first-order valence-electron chi connectivity index (χ1n) is 6.01. The van der Waals surface area contributed by atoms with Crippen LogP contribution in [0.25, 0.3) is 0 Å². The molecule has 1 rings (SSSR count). The molecular weight excluding hydrogens is 206 g/mol. The maximum absolute atomic E-state index is 11.4. The lowest BCUT2D eigenvalue weighted by molar-refractivity contribution is 0.0478. The molecule has 2 N–H and O–H groups in total. The van der Waals surface area contributed by atoms with Crippen molar-refractivity contribution in [2.75, 3.05) is 6.61 Å². The smallest absolute Gasteiger partial charge is 0.407 e. The first-order chi connectivity index (χ1) is 7.40. The molecule has 1 fully saturated rings. The van der Waals surface area contributed by atoms with Crippen LogP contribution in [0.5, 0.6) is 0 Å². The average molecular weight is 229 g/mol. The molecule has 1 amide bonds. The fraction of sp³-hybridized carbons (Fsp3) is 0.917. The Balaban J connectivity index is 2.22. The van der Waals surface area contributed by atoms with Gasteiger partial charge in [0.25, 0.3) is 0 Å². The fourth-order valence-electron chi connectivity index (χ4n) is 1.53. The van der Waals surface area contributed by atoms with Gasteiger partial charge in [0, 0.05) is 0 Å². The molecule has 4 nitrogen and oxygen atoms in total. The van der Waals surface area contributed by atoms with Gasteiger partial charge in [-0.05, 0) is 39.5 Å². The third-order valence-electron chi connectivity index (χ3n) is 2.56. The monoisotopic (exact) mass is 229 g/mol. The van der Waals surface area contributed by atoms with Gasteiger partial charge in [0.1, 0.15) is 5.60 Å². The predicted molar refractivity (Wildman–Crippen MR) is 62.2 cm³/mol. The summed E-state index contributed by atoms with van der Waals surface area (Å²) < 4.78 is 5.13. The van der Waals surface area contributed by atoms with Crippen molar-refractivity contribution in [1.82, 2.24) is 5.32 Å². The molecule has 0 radical (unpaired) electrons. The highest BCUT2D eigenvalue weighted by Gasteiger charge is 2.24. The molecule has 1 aliphatic carbocycles. The quantitative estimate of drug-likeness (QED) is 0.758. The Morgan fingerprint density at radius 1 is 1.50 bits per heavy atom. The highest BCUT2D eigenvalue weighted by molar-refractivity contribution is 5.68. The molecule has 16 heavy (non-hydrogen) atoms. The molecule has 1 saturated carbocycles. The molecule has 0 saturated heterocycles. The van der Waals surface area contributed by atoms with Crippen LogP contribution in [-0.2, 0) is 4.74 Å².